The summed E-state index contributed by atoms with van der Waals surface area (Å²) in [6, 6.07) is 6.42. The second-order valence-corrected chi connectivity index (χ2v) is 3.20. The third kappa shape index (κ3) is 2.23. The van der Waals surface area contributed by atoms with Gasteiger partial charge < -0.3 is 0 Å². The summed E-state index contributed by atoms with van der Waals surface area (Å²) in [6.45, 7) is 0.527. The summed E-state index contributed by atoms with van der Waals surface area (Å²) in [4.78, 5) is 0. The second kappa shape index (κ2) is 3.97. The Morgan fingerprint density at radius 3 is 3.00 bits per heavy atom. The zero-order valence-corrected chi connectivity index (χ0v) is 8.02. The number of benzene rings is 1. The van der Waals surface area contributed by atoms with E-state index in [-0.39, 0.29) is 5.82 Å². The summed E-state index contributed by atoms with van der Waals surface area (Å²) in [7, 11) is 0. The predicted molar refractivity (Wildman–Crippen MR) is 55.7 cm³/mol. The molecule has 0 aliphatic heterocycles. The molecule has 0 amide bonds. The molecule has 1 aromatic heterocycles. The highest BCUT2D eigenvalue weighted by Crippen LogP contribution is 2.06. The maximum Gasteiger partial charge on any atom is 0.123 e. The van der Waals surface area contributed by atoms with Gasteiger partial charge in [0.15, 0.2) is 0 Å². The molecule has 0 bridgehead atoms. The number of hydrogen-bond donors (Lipinski definition) is 0. The summed E-state index contributed by atoms with van der Waals surface area (Å²) in [5.74, 6) is 2.25. The quantitative estimate of drug-likeness (QED) is 0.678. The molecular weight excluding hydrogens is 191 g/mol. The van der Waals surface area contributed by atoms with Crippen molar-refractivity contribution in [3.05, 3.63) is 53.6 Å². The average molecular weight is 200 g/mol. The minimum absolute atomic E-state index is 0.239. The first-order valence-corrected chi connectivity index (χ1v) is 4.51. The Hall–Kier alpha value is -2.08. The summed E-state index contributed by atoms with van der Waals surface area (Å²) >= 11 is 0. The second-order valence-electron chi connectivity index (χ2n) is 3.20. The van der Waals surface area contributed by atoms with E-state index in [0.717, 1.165) is 11.1 Å². The Kier molecular flexibility index (Phi) is 2.51. The van der Waals surface area contributed by atoms with Gasteiger partial charge in [-0.1, -0.05) is 18.1 Å². The van der Waals surface area contributed by atoms with Crippen molar-refractivity contribution < 1.29 is 4.39 Å². The first kappa shape index (κ1) is 9.47. The van der Waals surface area contributed by atoms with Crippen LogP contribution in [-0.4, -0.2) is 9.78 Å². The van der Waals surface area contributed by atoms with Gasteiger partial charge in [-0.25, -0.2) is 4.39 Å². The molecule has 1 heterocycles. The van der Waals surface area contributed by atoms with Gasteiger partial charge in [0.25, 0.3) is 0 Å². The van der Waals surface area contributed by atoms with Crippen molar-refractivity contribution in [1.82, 2.24) is 9.78 Å². The molecular formula is C12H9FN2. The van der Waals surface area contributed by atoms with Crippen molar-refractivity contribution in [1.29, 1.82) is 0 Å². The van der Waals surface area contributed by atoms with E-state index >= 15 is 0 Å². The van der Waals surface area contributed by atoms with E-state index in [9.17, 15) is 4.39 Å². The molecule has 3 heteroatoms. The molecule has 0 N–H and O–H groups in total. The third-order valence-corrected chi connectivity index (χ3v) is 2.03. The van der Waals surface area contributed by atoms with Gasteiger partial charge in [0.05, 0.1) is 18.3 Å². The Bertz CT molecular complexity index is 508. The van der Waals surface area contributed by atoms with Gasteiger partial charge in [-0.15, -0.1) is 6.42 Å². The highest BCUT2D eigenvalue weighted by Gasteiger charge is 1.98. The Labute approximate surface area is 87.4 Å². The zero-order valence-electron chi connectivity index (χ0n) is 8.02. The van der Waals surface area contributed by atoms with E-state index in [0.29, 0.717) is 6.54 Å². The minimum atomic E-state index is -0.239. The molecule has 0 atom stereocenters. The maximum absolute atomic E-state index is 12.9. The molecule has 0 spiro atoms. The number of rotatable bonds is 2. The van der Waals surface area contributed by atoms with Crippen molar-refractivity contribution >= 4 is 0 Å². The molecule has 0 aliphatic rings. The number of halogens is 1. The summed E-state index contributed by atoms with van der Waals surface area (Å²) < 4.78 is 14.6. The van der Waals surface area contributed by atoms with Crippen LogP contribution in [0.25, 0.3) is 0 Å². The molecule has 2 rings (SSSR count). The van der Waals surface area contributed by atoms with Crippen molar-refractivity contribution in [3.63, 3.8) is 0 Å². The number of hydrogen-bond acceptors (Lipinski definition) is 1. The van der Waals surface area contributed by atoms with E-state index < -0.39 is 0 Å². The molecule has 1 aromatic carbocycles. The largest absolute Gasteiger partial charge is 0.267 e. The van der Waals surface area contributed by atoms with Gasteiger partial charge in [-0.2, -0.15) is 5.10 Å². The van der Waals surface area contributed by atoms with Gasteiger partial charge in [-0.05, 0) is 17.7 Å². The van der Waals surface area contributed by atoms with E-state index in [1.165, 1.54) is 12.1 Å². The minimum Gasteiger partial charge on any atom is -0.267 e. The van der Waals surface area contributed by atoms with E-state index in [1.54, 1.807) is 23.1 Å². The van der Waals surface area contributed by atoms with Crippen molar-refractivity contribution in [2.45, 2.75) is 6.54 Å². The van der Waals surface area contributed by atoms with Crippen LogP contribution in [0.3, 0.4) is 0 Å². The standard InChI is InChI=1S/C12H9FN2/c1-2-10-7-14-15(8-10)9-11-4-3-5-12(13)6-11/h1,3-8H,9H2. The molecule has 0 radical (unpaired) electrons. The molecule has 0 fully saturated rings. The highest BCUT2D eigenvalue weighted by atomic mass is 19.1. The van der Waals surface area contributed by atoms with Gasteiger partial charge >= 0.3 is 0 Å². The van der Waals surface area contributed by atoms with Crippen LogP contribution < -0.4 is 0 Å². The van der Waals surface area contributed by atoms with Crippen molar-refractivity contribution in [2.24, 2.45) is 0 Å². The zero-order chi connectivity index (χ0) is 10.7. The van der Waals surface area contributed by atoms with Gasteiger partial charge in [-0.3, -0.25) is 4.68 Å². The van der Waals surface area contributed by atoms with Crippen LogP contribution >= 0.6 is 0 Å². The van der Waals surface area contributed by atoms with E-state index in [2.05, 4.69) is 11.0 Å². The Morgan fingerprint density at radius 2 is 2.33 bits per heavy atom. The molecule has 74 valence electrons. The van der Waals surface area contributed by atoms with E-state index in [4.69, 9.17) is 6.42 Å². The van der Waals surface area contributed by atoms with Crippen LogP contribution in [0.4, 0.5) is 4.39 Å². The number of aromatic nitrogens is 2. The summed E-state index contributed by atoms with van der Waals surface area (Å²) in [6.07, 6.45) is 8.58. The molecule has 0 aliphatic carbocycles. The molecule has 2 nitrogen and oxygen atoms in total. The average Bonchev–Trinajstić information content (AvgIpc) is 2.65. The monoisotopic (exact) mass is 200 g/mol. The van der Waals surface area contributed by atoms with Crippen LogP contribution in [0.5, 0.6) is 0 Å². The van der Waals surface area contributed by atoms with Crippen LogP contribution in [0.15, 0.2) is 36.7 Å². The number of nitrogens with zero attached hydrogens (tertiary/aromatic N) is 2. The van der Waals surface area contributed by atoms with Crippen LogP contribution in [0.2, 0.25) is 0 Å². The highest BCUT2D eigenvalue weighted by molar-refractivity contribution is 5.26. The lowest BCUT2D eigenvalue weighted by Gasteiger charge is -2.01. The van der Waals surface area contributed by atoms with Gasteiger partial charge in [0.1, 0.15) is 5.82 Å². The molecule has 0 saturated heterocycles. The molecule has 0 unspecified atom stereocenters. The SMILES string of the molecule is C#Cc1cnn(Cc2cccc(F)c2)c1. The lowest BCUT2D eigenvalue weighted by atomic mass is 10.2. The molecule has 0 saturated carbocycles. The van der Waals surface area contributed by atoms with E-state index in [1.807, 2.05) is 6.07 Å². The van der Waals surface area contributed by atoms with Gasteiger partial charge in [0, 0.05) is 6.20 Å². The number of terminal acetylenes is 1. The molecule has 15 heavy (non-hydrogen) atoms. The third-order valence-electron chi connectivity index (χ3n) is 2.03. The Morgan fingerprint density at radius 1 is 1.47 bits per heavy atom. The normalized spacial score (nSPS) is 9.87. The van der Waals surface area contributed by atoms with Gasteiger partial charge in [0.2, 0.25) is 0 Å². The summed E-state index contributed by atoms with van der Waals surface area (Å²) in [5.41, 5.74) is 1.59. The fraction of sp³-hybridized carbons (Fsp3) is 0.0833. The van der Waals surface area contributed by atoms with Crippen LogP contribution in [0, 0.1) is 18.2 Å². The van der Waals surface area contributed by atoms with Crippen molar-refractivity contribution in [3.8, 4) is 12.3 Å². The first-order chi connectivity index (χ1) is 7.28. The smallest absolute Gasteiger partial charge is 0.123 e. The van der Waals surface area contributed by atoms with Crippen molar-refractivity contribution in [2.75, 3.05) is 0 Å². The first-order valence-electron chi connectivity index (χ1n) is 4.51. The predicted octanol–water partition coefficient (Wildman–Crippen LogP) is 2.05. The Balaban J connectivity index is 2.19. The topological polar surface area (TPSA) is 17.8 Å². The van der Waals surface area contributed by atoms with Crippen LogP contribution in [-0.2, 0) is 6.54 Å². The van der Waals surface area contributed by atoms with Crippen LogP contribution in [0.1, 0.15) is 11.1 Å². The molecule has 2 aromatic rings. The lowest BCUT2D eigenvalue weighted by molar-refractivity contribution is 0.619. The maximum atomic E-state index is 12.9. The fourth-order valence-electron chi connectivity index (χ4n) is 1.35. The lowest BCUT2D eigenvalue weighted by Crippen LogP contribution is -1.99. The summed E-state index contributed by atoms with van der Waals surface area (Å²) in [5, 5.41) is 4.06. The fourth-order valence-corrected chi connectivity index (χ4v) is 1.35.